The Labute approximate surface area is 123 Å². The number of carbonyl (C=O) groups is 3. The molecule has 0 saturated carbocycles. The number of aromatic nitrogens is 2. The molecule has 7 heteroatoms. The maximum absolute atomic E-state index is 12.1. The Morgan fingerprint density at radius 2 is 2.38 bits per heavy atom. The minimum atomic E-state index is -0.611. The Morgan fingerprint density at radius 1 is 1.57 bits per heavy atom. The van der Waals surface area contributed by atoms with Crippen molar-refractivity contribution in [2.75, 3.05) is 0 Å². The van der Waals surface area contributed by atoms with E-state index in [0.29, 0.717) is 12.8 Å². The van der Waals surface area contributed by atoms with Gasteiger partial charge in [-0.15, -0.1) is 0 Å². The van der Waals surface area contributed by atoms with E-state index in [2.05, 4.69) is 22.5 Å². The molecule has 1 aliphatic rings. The van der Waals surface area contributed by atoms with E-state index in [9.17, 15) is 14.4 Å². The molecular weight excluding hydrogens is 272 g/mol. The summed E-state index contributed by atoms with van der Waals surface area (Å²) in [5.74, 6) is -0.890. The molecule has 2 atom stereocenters. The Kier molecular flexibility index (Phi) is 5.08. The highest BCUT2D eigenvalue weighted by Crippen LogP contribution is 2.18. The van der Waals surface area contributed by atoms with E-state index in [-0.39, 0.29) is 24.3 Å². The first kappa shape index (κ1) is 15.2. The van der Waals surface area contributed by atoms with Crippen LogP contribution in [0.4, 0.5) is 0 Å². The van der Waals surface area contributed by atoms with Gasteiger partial charge in [0, 0.05) is 31.3 Å². The molecule has 114 valence electrons. The molecule has 7 nitrogen and oxygen atoms in total. The summed E-state index contributed by atoms with van der Waals surface area (Å²) < 4.78 is 1.91. The highest BCUT2D eigenvalue weighted by Gasteiger charge is 2.28. The summed E-state index contributed by atoms with van der Waals surface area (Å²) >= 11 is 0. The van der Waals surface area contributed by atoms with Crippen LogP contribution in [0.3, 0.4) is 0 Å². The fourth-order valence-corrected chi connectivity index (χ4v) is 2.47. The third kappa shape index (κ3) is 4.14. The average molecular weight is 292 g/mol. The summed E-state index contributed by atoms with van der Waals surface area (Å²) in [5.41, 5.74) is 0. The summed E-state index contributed by atoms with van der Waals surface area (Å²) in [5, 5.41) is 4.94. The zero-order valence-electron chi connectivity index (χ0n) is 12.0. The zero-order chi connectivity index (χ0) is 15.2. The Hall–Kier alpha value is -2.18. The van der Waals surface area contributed by atoms with Crippen molar-refractivity contribution in [3.8, 4) is 0 Å². The van der Waals surface area contributed by atoms with Crippen molar-refractivity contribution in [3.63, 3.8) is 0 Å². The van der Waals surface area contributed by atoms with Gasteiger partial charge in [-0.2, -0.15) is 0 Å². The molecule has 3 amide bonds. The second kappa shape index (κ2) is 7.01. The molecule has 2 rings (SSSR count). The van der Waals surface area contributed by atoms with Gasteiger partial charge in [-0.25, -0.2) is 4.98 Å². The van der Waals surface area contributed by atoms with E-state index in [1.807, 2.05) is 10.8 Å². The fraction of sp³-hybridized carbons (Fsp3) is 0.571. The van der Waals surface area contributed by atoms with Gasteiger partial charge in [-0.05, 0) is 12.8 Å². The van der Waals surface area contributed by atoms with E-state index >= 15 is 0 Å². The Bertz CT molecular complexity index is 512. The normalized spacial score (nSPS) is 20.0. The Morgan fingerprint density at radius 3 is 3.00 bits per heavy atom. The topological polar surface area (TPSA) is 93.1 Å². The van der Waals surface area contributed by atoms with E-state index in [4.69, 9.17) is 0 Å². The van der Waals surface area contributed by atoms with Gasteiger partial charge in [0.1, 0.15) is 6.04 Å². The van der Waals surface area contributed by atoms with E-state index in [1.165, 1.54) is 0 Å². The fourth-order valence-electron chi connectivity index (χ4n) is 2.47. The zero-order valence-corrected chi connectivity index (χ0v) is 12.0. The second-order valence-electron chi connectivity index (χ2n) is 5.23. The molecule has 0 aliphatic carbocycles. The van der Waals surface area contributed by atoms with E-state index < -0.39 is 11.9 Å². The second-order valence-corrected chi connectivity index (χ2v) is 5.23. The molecule has 1 aromatic heterocycles. The van der Waals surface area contributed by atoms with Crippen LogP contribution in [0, 0.1) is 0 Å². The summed E-state index contributed by atoms with van der Waals surface area (Å²) in [4.78, 5) is 38.8. The average Bonchev–Trinajstić information content (AvgIpc) is 2.95. The standard InChI is InChI=1S/C14H20N4O3/c1-2-3-10(18-7-6-15-9-18)8-13(20)16-11-4-5-12(19)17-14(11)21/h6-7,9-11H,2-5,8H2,1H3,(H,16,20)(H,17,19,21). The molecule has 0 bridgehead atoms. The SMILES string of the molecule is CCCC(CC(=O)NC1CCC(=O)NC1=O)n1ccnc1. The molecule has 1 saturated heterocycles. The molecule has 2 unspecified atom stereocenters. The molecule has 2 heterocycles. The number of nitrogens with one attached hydrogen (secondary N) is 2. The van der Waals surface area contributed by atoms with Crippen molar-refractivity contribution in [2.45, 2.75) is 51.1 Å². The molecule has 0 aromatic carbocycles. The lowest BCUT2D eigenvalue weighted by Crippen LogP contribution is -2.52. The van der Waals surface area contributed by atoms with Gasteiger partial charge in [-0.3, -0.25) is 19.7 Å². The van der Waals surface area contributed by atoms with Crippen molar-refractivity contribution in [3.05, 3.63) is 18.7 Å². The highest BCUT2D eigenvalue weighted by molar-refractivity contribution is 6.01. The molecule has 0 radical (unpaired) electrons. The minimum absolute atomic E-state index is 0.0331. The number of nitrogens with zero attached hydrogens (tertiary/aromatic N) is 2. The largest absolute Gasteiger partial charge is 0.344 e. The Balaban J connectivity index is 1.90. The van der Waals surface area contributed by atoms with Crippen molar-refractivity contribution < 1.29 is 14.4 Å². The third-order valence-electron chi connectivity index (χ3n) is 3.56. The summed E-state index contributed by atoms with van der Waals surface area (Å²) in [6.07, 6.45) is 7.94. The number of hydrogen-bond acceptors (Lipinski definition) is 4. The predicted molar refractivity (Wildman–Crippen MR) is 75.1 cm³/mol. The van der Waals surface area contributed by atoms with Crippen LogP contribution in [0.15, 0.2) is 18.7 Å². The van der Waals surface area contributed by atoms with E-state index in [0.717, 1.165) is 12.8 Å². The van der Waals surface area contributed by atoms with Gasteiger partial charge in [0.25, 0.3) is 0 Å². The molecule has 2 N–H and O–H groups in total. The molecule has 1 aromatic rings. The summed E-state index contributed by atoms with van der Waals surface area (Å²) in [7, 11) is 0. The van der Waals surface area contributed by atoms with Crippen molar-refractivity contribution in [1.82, 2.24) is 20.2 Å². The molecule has 1 aliphatic heterocycles. The van der Waals surface area contributed by atoms with Crippen molar-refractivity contribution in [2.24, 2.45) is 0 Å². The first-order valence-corrected chi connectivity index (χ1v) is 7.20. The molecule has 21 heavy (non-hydrogen) atoms. The van der Waals surface area contributed by atoms with Crippen molar-refractivity contribution in [1.29, 1.82) is 0 Å². The smallest absolute Gasteiger partial charge is 0.249 e. The summed E-state index contributed by atoms with van der Waals surface area (Å²) in [6, 6.07) is -0.578. The first-order chi connectivity index (χ1) is 10.1. The molecular formula is C14H20N4O3. The van der Waals surface area contributed by atoms with Crippen LogP contribution in [0.2, 0.25) is 0 Å². The maximum atomic E-state index is 12.1. The first-order valence-electron chi connectivity index (χ1n) is 7.20. The number of imidazole rings is 1. The van der Waals surface area contributed by atoms with Crippen LogP contribution in [-0.4, -0.2) is 33.3 Å². The van der Waals surface area contributed by atoms with Gasteiger partial charge < -0.3 is 9.88 Å². The van der Waals surface area contributed by atoms with Gasteiger partial charge in [0.05, 0.1) is 6.33 Å². The van der Waals surface area contributed by atoms with Crippen LogP contribution < -0.4 is 10.6 Å². The van der Waals surface area contributed by atoms with Gasteiger partial charge in [0.2, 0.25) is 17.7 Å². The van der Waals surface area contributed by atoms with E-state index in [1.54, 1.807) is 12.5 Å². The van der Waals surface area contributed by atoms with Gasteiger partial charge in [-0.1, -0.05) is 13.3 Å². The van der Waals surface area contributed by atoms with Gasteiger partial charge >= 0.3 is 0 Å². The number of hydrogen-bond donors (Lipinski definition) is 2. The highest BCUT2D eigenvalue weighted by atomic mass is 16.2. The summed E-state index contributed by atoms with van der Waals surface area (Å²) in [6.45, 7) is 2.06. The van der Waals surface area contributed by atoms with Crippen LogP contribution in [-0.2, 0) is 14.4 Å². The van der Waals surface area contributed by atoms with Crippen LogP contribution >= 0.6 is 0 Å². The number of carbonyl (C=O) groups excluding carboxylic acids is 3. The number of piperidine rings is 1. The lowest BCUT2D eigenvalue weighted by molar-refractivity contribution is -0.137. The number of imide groups is 1. The van der Waals surface area contributed by atoms with Crippen LogP contribution in [0.1, 0.15) is 45.1 Å². The van der Waals surface area contributed by atoms with Crippen molar-refractivity contribution >= 4 is 17.7 Å². The minimum Gasteiger partial charge on any atom is -0.344 e. The third-order valence-corrected chi connectivity index (χ3v) is 3.56. The number of rotatable bonds is 6. The lowest BCUT2D eigenvalue weighted by Gasteiger charge is -2.23. The van der Waals surface area contributed by atoms with Crippen LogP contribution in [0.5, 0.6) is 0 Å². The maximum Gasteiger partial charge on any atom is 0.249 e. The van der Waals surface area contributed by atoms with Gasteiger partial charge in [0.15, 0.2) is 0 Å². The predicted octanol–water partition coefficient (Wildman–Crippen LogP) is 0.536. The molecule has 1 fully saturated rings. The quantitative estimate of drug-likeness (QED) is 0.748. The lowest BCUT2D eigenvalue weighted by atomic mass is 10.0. The van der Waals surface area contributed by atoms with Crippen LogP contribution in [0.25, 0.3) is 0 Å². The number of amides is 3. The molecule has 0 spiro atoms. The monoisotopic (exact) mass is 292 g/mol.